The number of carbonyl (C=O) groups excluding carboxylic acids is 2. The number of aryl methyl sites for hydroxylation is 3. The molecule has 0 aliphatic carbocycles. The second-order valence-electron chi connectivity index (χ2n) is 7.99. The van der Waals surface area contributed by atoms with Gasteiger partial charge in [0, 0.05) is 17.5 Å². The van der Waals surface area contributed by atoms with Gasteiger partial charge in [-0.3, -0.25) is 25.1 Å². The minimum absolute atomic E-state index is 0.00861. The number of hydrogen-bond acceptors (Lipinski definition) is 5. The van der Waals surface area contributed by atoms with Crippen LogP contribution in [0.4, 0.5) is 0 Å². The standard InChI is InChI=1S/C25H26N6O3/c1-16-8-10-20(11-9-16)31-14-22(24(29-31)19-6-5-7-21(13-19)34-4)25(33)27-26-23(32)15-30-18(3)12-17(2)28-30/h5-14H,15H2,1-4H3,(H,26,32)(H,27,33). The monoisotopic (exact) mass is 458 g/mol. The van der Waals surface area contributed by atoms with E-state index in [1.54, 1.807) is 28.7 Å². The minimum atomic E-state index is -0.488. The van der Waals surface area contributed by atoms with Gasteiger partial charge < -0.3 is 4.74 Å². The van der Waals surface area contributed by atoms with Gasteiger partial charge in [0.1, 0.15) is 18.0 Å². The third-order valence-corrected chi connectivity index (χ3v) is 5.31. The highest BCUT2D eigenvalue weighted by Gasteiger charge is 2.20. The predicted octanol–water partition coefficient (Wildman–Crippen LogP) is 3.13. The highest BCUT2D eigenvalue weighted by Crippen LogP contribution is 2.27. The van der Waals surface area contributed by atoms with Gasteiger partial charge in [0.05, 0.1) is 24.1 Å². The van der Waals surface area contributed by atoms with E-state index in [1.807, 2.05) is 69.3 Å². The summed E-state index contributed by atoms with van der Waals surface area (Å²) in [5.74, 6) is -0.238. The molecular formula is C25H26N6O3. The molecule has 0 fully saturated rings. The molecule has 0 spiro atoms. The molecule has 4 rings (SSSR count). The minimum Gasteiger partial charge on any atom is -0.497 e. The molecule has 9 heteroatoms. The molecule has 0 aliphatic heterocycles. The number of benzene rings is 2. The van der Waals surface area contributed by atoms with Gasteiger partial charge in [-0.05, 0) is 51.1 Å². The fourth-order valence-corrected chi connectivity index (χ4v) is 3.56. The molecule has 0 atom stereocenters. The smallest absolute Gasteiger partial charge is 0.273 e. The summed E-state index contributed by atoms with van der Waals surface area (Å²) in [4.78, 5) is 25.5. The Kier molecular flexibility index (Phi) is 6.44. The molecule has 2 amide bonds. The Morgan fingerprint density at radius 3 is 2.41 bits per heavy atom. The maximum Gasteiger partial charge on any atom is 0.273 e. The number of rotatable bonds is 6. The summed E-state index contributed by atoms with van der Waals surface area (Å²) in [5, 5.41) is 8.93. The Bertz CT molecular complexity index is 1340. The zero-order valence-electron chi connectivity index (χ0n) is 19.5. The maximum atomic E-state index is 13.1. The summed E-state index contributed by atoms with van der Waals surface area (Å²) in [7, 11) is 1.58. The molecule has 0 saturated carbocycles. The van der Waals surface area contributed by atoms with Crippen LogP contribution in [0.2, 0.25) is 0 Å². The van der Waals surface area contributed by atoms with Crippen molar-refractivity contribution in [3.8, 4) is 22.7 Å². The van der Waals surface area contributed by atoms with Crippen molar-refractivity contribution in [1.29, 1.82) is 0 Å². The van der Waals surface area contributed by atoms with Crippen LogP contribution >= 0.6 is 0 Å². The average molecular weight is 459 g/mol. The molecule has 0 bridgehead atoms. The quantitative estimate of drug-likeness (QED) is 0.432. The van der Waals surface area contributed by atoms with Crippen molar-refractivity contribution in [2.45, 2.75) is 27.3 Å². The molecule has 2 N–H and O–H groups in total. The summed E-state index contributed by atoms with van der Waals surface area (Å²) in [6, 6.07) is 17.0. The van der Waals surface area contributed by atoms with E-state index < -0.39 is 11.8 Å². The van der Waals surface area contributed by atoms with Crippen molar-refractivity contribution in [2.24, 2.45) is 0 Å². The van der Waals surface area contributed by atoms with E-state index in [4.69, 9.17) is 4.74 Å². The zero-order valence-corrected chi connectivity index (χ0v) is 19.5. The lowest BCUT2D eigenvalue weighted by atomic mass is 10.1. The molecule has 9 nitrogen and oxygen atoms in total. The Balaban J connectivity index is 1.59. The summed E-state index contributed by atoms with van der Waals surface area (Å²) in [5.41, 5.74) is 10.0. The fraction of sp³-hybridized carbons (Fsp3) is 0.200. The number of hydrogen-bond donors (Lipinski definition) is 2. The van der Waals surface area contributed by atoms with Crippen LogP contribution in [0.1, 0.15) is 27.3 Å². The number of aromatic nitrogens is 4. The highest BCUT2D eigenvalue weighted by molar-refractivity contribution is 6.00. The van der Waals surface area contributed by atoms with E-state index in [0.717, 1.165) is 22.6 Å². The third-order valence-electron chi connectivity index (χ3n) is 5.31. The number of nitrogens with zero attached hydrogens (tertiary/aromatic N) is 4. The van der Waals surface area contributed by atoms with Crippen LogP contribution in [-0.4, -0.2) is 38.5 Å². The van der Waals surface area contributed by atoms with Crippen LogP contribution in [-0.2, 0) is 11.3 Å². The van der Waals surface area contributed by atoms with Crippen molar-refractivity contribution in [1.82, 2.24) is 30.4 Å². The van der Waals surface area contributed by atoms with Gasteiger partial charge in [0.2, 0.25) is 0 Å². The molecular weight excluding hydrogens is 432 g/mol. The van der Waals surface area contributed by atoms with E-state index in [0.29, 0.717) is 22.6 Å². The van der Waals surface area contributed by atoms with Crippen LogP contribution < -0.4 is 15.6 Å². The third kappa shape index (κ3) is 4.98. The number of amides is 2. The van der Waals surface area contributed by atoms with Crippen LogP contribution in [0.15, 0.2) is 60.8 Å². The molecule has 0 aliphatic rings. The fourth-order valence-electron chi connectivity index (χ4n) is 3.56. The first kappa shape index (κ1) is 22.8. The van der Waals surface area contributed by atoms with Gasteiger partial charge in [-0.25, -0.2) is 4.68 Å². The number of ether oxygens (including phenoxy) is 1. The number of hydrazine groups is 1. The molecule has 0 unspecified atom stereocenters. The van der Waals surface area contributed by atoms with Gasteiger partial charge in [-0.15, -0.1) is 0 Å². The summed E-state index contributed by atoms with van der Waals surface area (Å²) in [6.07, 6.45) is 1.64. The Labute approximate surface area is 197 Å². The van der Waals surface area contributed by atoms with Gasteiger partial charge >= 0.3 is 0 Å². The lowest BCUT2D eigenvalue weighted by Crippen LogP contribution is -2.43. The second kappa shape index (κ2) is 9.62. The van der Waals surface area contributed by atoms with Crippen LogP contribution in [0, 0.1) is 20.8 Å². The Morgan fingerprint density at radius 1 is 0.971 bits per heavy atom. The summed E-state index contributed by atoms with van der Waals surface area (Å²) >= 11 is 0. The lowest BCUT2D eigenvalue weighted by Gasteiger charge is -2.09. The van der Waals surface area contributed by atoms with Gasteiger partial charge in [-0.2, -0.15) is 10.2 Å². The topological polar surface area (TPSA) is 103 Å². The zero-order chi connectivity index (χ0) is 24.2. The van der Waals surface area contributed by atoms with Crippen LogP contribution in [0.25, 0.3) is 16.9 Å². The average Bonchev–Trinajstić information content (AvgIpc) is 3.41. The van der Waals surface area contributed by atoms with Crippen molar-refractivity contribution in [2.75, 3.05) is 7.11 Å². The molecule has 2 aromatic heterocycles. The van der Waals surface area contributed by atoms with Crippen molar-refractivity contribution in [3.63, 3.8) is 0 Å². The second-order valence-corrected chi connectivity index (χ2v) is 7.99. The van der Waals surface area contributed by atoms with Crippen LogP contribution in [0.3, 0.4) is 0 Å². The number of carbonyl (C=O) groups is 2. The Morgan fingerprint density at radius 2 is 1.74 bits per heavy atom. The largest absolute Gasteiger partial charge is 0.497 e. The first-order valence-corrected chi connectivity index (χ1v) is 10.8. The molecule has 0 radical (unpaired) electrons. The van der Waals surface area contributed by atoms with E-state index in [1.165, 1.54) is 0 Å². The van der Waals surface area contributed by atoms with Gasteiger partial charge in [0.25, 0.3) is 11.8 Å². The number of methoxy groups -OCH3 is 1. The molecule has 4 aromatic rings. The van der Waals surface area contributed by atoms with Gasteiger partial charge in [0.15, 0.2) is 0 Å². The lowest BCUT2D eigenvalue weighted by molar-refractivity contribution is -0.122. The van der Waals surface area contributed by atoms with E-state index >= 15 is 0 Å². The molecule has 34 heavy (non-hydrogen) atoms. The molecule has 2 aromatic carbocycles. The van der Waals surface area contributed by atoms with Crippen molar-refractivity contribution >= 4 is 11.8 Å². The van der Waals surface area contributed by atoms with E-state index in [-0.39, 0.29) is 6.54 Å². The maximum absolute atomic E-state index is 13.1. The first-order valence-electron chi connectivity index (χ1n) is 10.8. The molecule has 174 valence electrons. The Hall–Kier alpha value is -4.40. The van der Waals surface area contributed by atoms with E-state index in [9.17, 15) is 9.59 Å². The van der Waals surface area contributed by atoms with Crippen molar-refractivity contribution in [3.05, 3.63) is 83.3 Å². The van der Waals surface area contributed by atoms with Gasteiger partial charge in [-0.1, -0.05) is 29.8 Å². The highest BCUT2D eigenvalue weighted by atomic mass is 16.5. The van der Waals surface area contributed by atoms with E-state index in [2.05, 4.69) is 21.0 Å². The predicted molar refractivity (Wildman–Crippen MR) is 128 cm³/mol. The van der Waals surface area contributed by atoms with Crippen LogP contribution in [0.5, 0.6) is 5.75 Å². The molecule has 0 saturated heterocycles. The first-order chi connectivity index (χ1) is 16.3. The SMILES string of the molecule is COc1cccc(-c2nn(-c3ccc(C)cc3)cc2C(=O)NNC(=O)Cn2nc(C)cc2C)c1. The van der Waals surface area contributed by atoms with Crippen molar-refractivity contribution < 1.29 is 14.3 Å². The normalized spacial score (nSPS) is 10.7. The molecule has 2 heterocycles. The number of nitrogens with one attached hydrogen (secondary N) is 2. The summed E-state index contributed by atoms with van der Waals surface area (Å²) in [6.45, 7) is 5.72. The summed E-state index contributed by atoms with van der Waals surface area (Å²) < 4.78 is 8.54.